The zero-order chi connectivity index (χ0) is 29.5. The van der Waals surface area contributed by atoms with Crippen molar-refractivity contribution in [2.24, 2.45) is 0 Å². The van der Waals surface area contributed by atoms with Gasteiger partial charge in [-0.1, -0.05) is 42.5 Å². The first-order valence-corrected chi connectivity index (χ1v) is 13.5. The van der Waals surface area contributed by atoms with Gasteiger partial charge in [-0.05, 0) is 76.8 Å². The molecule has 0 fully saturated rings. The summed E-state index contributed by atoms with van der Waals surface area (Å²) in [6, 6.07) is 15.3. The van der Waals surface area contributed by atoms with E-state index in [0.717, 1.165) is 11.1 Å². The Morgan fingerprint density at radius 1 is 0.850 bits per heavy atom. The van der Waals surface area contributed by atoms with E-state index in [1.165, 1.54) is 6.92 Å². The summed E-state index contributed by atoms with van der Waals surface area (Å²) >= 11 is 0. The highest BCUT2D eigenvalue weighted by Crippen LogP contribution is 2.13. The topological polar surface area (TPSA) is 135 Å². The molecule has 0 radical (unpaired) electrons. The van der Waals surface area contributed by atoms with E-state index in [9.17, 15) is 19.2 Å². The number of carbonyl (C=O) groups excluding carboxylic acids is 4. The molecule has 0 saturated heterocycles. The van der Waals surface area contributed by atoms with Crippen molar-refractivity contribution in [1.29, 1.82) is 0 Å². The lowest BCUT2D eigenvalue weighted by molar-refractivity contribution is -0.142. The van der Waals surface area contributed by atoms with Crippen molar-refractivity contribution in [3.8, 4) is 0 Å². The quantitative estimate of drug-likeness (QED) is 0.207. The first-order valence-electron chi connectivity index (χ1n) is 13.5. The molecule has 1 unspecified atom stereocenters. The summed E-state index contributed by atoms with van der Waals surface area (Å²) in [7, 11) is 1.71. The fraction of sp³-hybridized carbons (Fsp3) is 0.467. The minimum absolute atomic E-state index is 0.145. The van der Waals surface area contributed by atoms with Crippen molar-refractivity contribution in [1.82, 2.24) is 16.0 Å². The summed E-state index contributed by atoms with van der Waals surface area (Å²) in [5.41, 5.74) is 1.75. The number of esters is 1. The molecule has 40 heavy (non-hydrogen) atoms. The fourth-order valence-corrected chi connectivity index (χ4v) is 3.79. The van der Waals surface area contributed by atoms with Crippen LogP contribution in [0.25, 0.3) is 0 Å². The number of unbranched alkanes of at least 4 members (excludes halogenated alkanes) is 1. The predicted octanol–water partition coefficient (Wildman–Crippen LogP) is 3.70. The lowest BCUT2D eigenvalue weighted by Crippen LogP contribution is -2.51. The summed E-state index contributed by atoms with van der Waals surface area (Å²) in [6.07, 6.45) is 1.54. The second-order valence-corrected chi connectivity index (χ2v) is 10.5. The van der Waals surface area contributed by atoms with Crippen LogP contribution in [0, 0.1) is 0 Å². The summed E-state index contributed by atoms with van der Waals surface area (Å²) in [5.74, 6) is -1.00. The normalized spacial score (nSPS) is 12.5. The molecule has 4 N–H and O–H groups in total. The van der Waals surface area contributed by atoms with Crippen LogP contribution in [0.3, 0.4) is 0 Å². The lowest BCUT2D eigenvalue weighted by atomic mass is 10.0. The molecule has 0 aliphatic heterocycles. The number of nitrogens with one attached hydrogen (secondary N) is 4. The van der Waals surface area contributed by atoms with Crippen molar-refractivity contribution >= 4 is 29.6 Å². The second kappa shape index (κ2) is 16.2. The van der Waals surface area contributed by atoms with E-state index in [-0.39, 0.29) is 24.4 Å². The number of rotatable bonds is 14. The third-order valence-corrected chi connectivity index (χ3v) is 5.83. The Morgan fingerprint density at radius 3 is 2.12 bits per heavy atom. The van der Waals surface area contributed by atoms with Crippen LogP contribution in [0.4, 0.5) is 10.5 Å². The molecule has 2 rings (SSSR count). The average Bonchev–Trinajstić information content (AvgIpc) is 2.89. The van der Waals surface area contributed by atoms with Gasteiger partial charge in [-0.15, -0.1) is 0 Å². The van der Waals surface area contributed by atoms with Crippen LogP contribution >= 0.6 is 0 Å². The second-order valence-electron chi connectivity index (χ2n) is 10.5. The minimum Gasteiger partial charge on any atom is -0.461 e. The van der Waals surface area contributed by atoms with Crippen molar-refractivity contribution in [2.75, 3.05) is 18.9 Å². The fourth-order valence-electron chi connectivity index (χ4n) is 3.79. The maximum absolute atomic E-state index is 13.2. The lowest BCUT2D eigenvalue weighted by Gasteiger charge is -2.23. The Labute approximate surface area is 236 Å². The molecular formula is C30H42N4O6. The molecular weight excluding hydrogens is 512 g/mol. The number of alkyl carbamates (subject to hydrolysis) is 1. The highest BCUT2D eigenvalue weighted by atomic mass is 16.6. The number of hydrogen-bond donors (Lipinski definition) is 4. The smallest absolute Gasteiger partial charge is 0.407 e. The summed E-state index contributed by atoms with van der Waals surface area (Å²) in [5, 5.41) is 11.5. The van der Waals surface area contributed by atoms with Crippen molar-refractivity contribution in [2.45, 2.75) is 77.7 Å². The molecule has 0 bridgehead atoms. The molecule has 0 spiro atoms. The van der Waals surface area contributed by atoms with Gasteiger partial charge in [0.15, 0.2) is 0 Å². The van der Waals surface area contributed by atoms with E-state index in [4.69, 9.17) is 9.47 Å². The Kier molecular flexibility index (Phi) is 13.1. The summed E-state index contributed by atoms with van der Waals surface area (Å²) in [6.45, 7) is 7.25. The number of ether oxygens (including phenoxy) is 2. The van der Waals surface area contributed by atoms with Gasteiger partial charge in [0.1, 0.15) is 18.2 Å². The van der Waals surface area contributed by atoms with Crippen LogP contribution in [0.2, 0.25) is 0 Å². The highest BCUT2D eigenvalue weighted by molar-refractivity contribution is 5.97. The van der Waals surface area contributed by atoms with Crippen LogP contribution in [0.15, 0.2) is 54.6 Å². The molecule has 2 atom stereocenters. The standard InChI is InChI=1S/C30H42N4O6/c1-21(35)39-20-23-14-16-24(17-15-23)33-27(36)25(13-9-10-18-32-29(38)40-30(2,3)4)34-28(37)26(31-5)19-22-11-7-6-8-12-22/h6-8,11-12,14-17,25-26,31H,9-10,13,18-20H2,1-5H3,(H,32,38)(H,33,36)(H,34,37)/t25-,26?/m0/s1. The molecule has 0 aliphatic carbocycles. The van der Waals surface area contributed by atoms with Gasteiger partial charge >= 0.3 is 12.1 Å². The van der Waals surface area contributed by atoms with E-state index in [0.29, 0.717) is 37.9 Å². The van der Waals surface area contributed by atoms with E-state index in [2.05, 4.69) is 21.3 Å². The van der Waals surface area contributed by atoms with E-state index in [1.807, 2.05) is 30.3 Å². The van der Waals surface area contributed by atoms with Crippen LogP contribution in [0.5, 0.6) is 0 Å². The Hall–Kier alpha value is -3.92. The molecule has 0 saturated carbocycles. The molecule has 2 aromatic rings. The molecule has 0 aromatic heterocycles. The average molecular weight is 555 g/mol. The largest absolute Gasteiger partial charge is 0.461 e. The zero-order valence-corrected chi connectivity index (χ0v) is 24.0. The maximum atomic E-state index is 13.2. The number of carbonyl (C=O) groups is 4. The monoisotopic (exact) mass is 554 g/mol. The number of benzene rings is 2. The first kappa shape index (κ1) is 32.3. The SMILES string of the molecule is CNC(Cc1ccccc1)C(=O)N[C@@H](CCCCNC(=O)OC(C)(C)C)C(=O)Nc1ccc(COC(C)=O)cc1. The van der Waals surface area contributed by atoms with Gasteiger partial charge in [-0.3, -0.25) is 14.4 Å². The molecule has 2 aromatic carbocycles. The number of amides is 3. The Balaban J connectivity index is 2.01. The molecule has 218 valence electrons. The summed E-state index contributed by atoms with van der Waals surface area (Å²) in [4.78, 5) is 49.3. The highest BCUT2D eigenvalue weighted by Gasteiger charge is 2.25. The first-order chi connectivity index (χ1) is 19.0. The molecule has 3 amide bonds. The summed E-state index contributed by atoms with van der Waals surface area (Å²) < 4.78 is 10.2. The zero-order valence-electron chi connectivity index (χ0n) is 24.0. The van der Waals surface area contributed by atoms with Gasteiger partial charge in [0.05, 0.1) is 6.04 Å². The van der Waals surface area contributed by atoms with Crippen LogP contribution in [-0.4, -0.2) is 55.2 Å². The third-order valence-electron chi connectivity index (χ3n) is 5.83. The molecule has 10 heteroatoms. The Bertz CT molecular complexity index is 1100. The maximum Gasteiger partial charge on any atom is 0.407 e. The van der Waals surface area contributed by atoms with Crippen LogP contribution in [0.1, 0.15) is 58.1 Å². The van der Waals surface area contributed by atoms with Gasteiger partial charge in [-0.25, -0.2) is 4.79 Å². The molecule has 0 heterocycles. The third kappa shape index (κ3) is 12.8. The molecule has 10 nitrogen and oxygen atoms in total. The van der Waals surface area contributed by atoms with Gasteiger partial charge in [0, 0.05) is 19.2 Å². The van der Waals surface area contributed by atoms with Gasteiger partial charge in [0.25, 0.3) is 0 Å². The van der Waals surface area contributed by atoms with Crippen LogP contribution in [-0.2, 0) is 36.9 Å². The minimum atomic E-state index is -0.790. The number of likely N-dealkylation sites (N-methyl/N-ethyl adjacent to an activating group) is 1. The van der Waals surface area contributed by atoms with E-state index < -0.39 is 23.8 Å². The number of anilines is 1. The predicted molar refractivity (Wildman–Crippen MR) is 154 cm³/mol. The molecule has 0 aliphatic rings. The number of hydrogen-bond acceptors (Lipinski definition) is 7. The van der Waals surface area contributed by atoms with Crippen LogP contribution < -0.4 is 21.3 Å². The Morgan fingerprint density at radius 2 is 1.52 bits per heavy atom. The van der Waals surface area contributed by atoms with Crippen molar-refractivity contribution in [3.63, 3.8) is 0 Å². The van der Waals surface area contributed by atoms with E-state index >= 15 is 0 Å². The van der Waals surface area contributed by atoms with Crippen molar-refractivity contribution < 1.29 is 28.7 Å². The van der Waals surface area contributed by atoms with Crippen molar-refractivity contribution in [3.05, 3.63) is 65.7 Å². The van der Waals surface area contributed by atoms with Gasteiger partial charge in [0.2, 0.25) is 11.8 Å². The van der Waals surface area contributed by atoms with Gasteiger partial charge < -0.3 is 30.7 Å². The van der Waals surface area contributed by atoms with E-state index in [1.54, 1.807) is 52.1 Å². The van der Waals surface area contributed by atoms with Gasteiger partial charge in [-0.2, -0.15) is 0 Å².